The maximum absolute atomic E-state index is 11.8. The minimum atomic E-state index is -0.832. The fourth-order valence-corrected chi connectivity index (χ4v) is 1.55. The van der Waals surface area contributed by atoms with Crippen LogP contribution in [0.25, 0.3) is 0 Å². The van der Waals surface area contributed by atoms with Crippen molar-refractivity contribution in [3.8, 4) is 0 Å². The third kappa shape index (κ3) is 4.13. The molecule has 100 valence electrons. The molecule has 0 amide bonds. The number of ether oxygens (including phenoxy) is 1. The number of methoxy groups -OCH3 is 1. The van der Waals surface area contributed by atoms with Gasteiger partial charge < -0.3 is 9.84 Å². The fraction of sp³-hybridized carbons (Fsp3) is 0.500. The second-order valence-corrected chi connectivity index (χ2v) is 4.60. The zero-order valence-electron chi connectivity index (χ0n) is 11.1. The van der Waals surface area contributed by atoms with Crippen molar-refractivity contribution in [2.75, 3.05) is 13.7 Å². The molecule has 0 saturated heterocycles. The Balaban J connectivity index is 2.78. The van der Waals surface area contributed by atoms with Crippen LogP contribution in [0.15, 0.2) is 30.3 Å². The minimum Gasteiger partial charge on any atom is -0.468 e. The summed E-state index contributed by atoms with van der Waals surface area (Å²) in [5, 5.41) is 13.0. The lowest BCUT2D eigenvalue weighted by Gasteiger charge is -2.25. The molecule has 1 rings (SSSR count). The third-order valence-corrected chi connectivity index (χ3v) is 3.02. The number of benzene rings is 1. The summed E-state index contributed by atoms with van der Waals surface area (Å²) in [7, 11) is 1.36. The average Bonchev–Trinajstić information content (AvgIpc) is 2.39. The van der Waals surface area contributed by atoms with E-state index < -0.39 is 11.6 Å². The highest BCUT2D eigenvalue weighted by molar-refractivity contribution is 5.77. The second kappa shape index (κ2) is 6.52. The van der Waals surface area contributed by atoms with Crippen LogP contribution in [0.2, 0.25) is 0 Å². The molecule has 0 aliphatic rings. The first-order valence-corrected chi connectivity index (χ1v) is 6.08. The molecule has 0 aliphatic heterocycles. The first-order chi connectivity index (χ1) is 8.50. The van der Waals surface area contributed by atoms with E-state index in [0.717, 1.165) is 5.56 Å². The highest BCUT2D eigenvalue weighted by atomic mass is 16.5. The lowest BCUT2D eigenvalue weighted by molar-refractivity contribution is -0.143. The zero-order valence-corrected chi connectivity index (χ0v) is 11.1. The lowest BCUT2D eigenvalue weighted by Crippen LogP contribution is -2.41. The third-order valence-electron chi connectivity index (χ3n) is 3.02. The molecule has 4 nitrogen and oxygen atoms in total. The van der Waals surface area contributed by atoms with E-state index in [4.69, 9.17) is 4.74 Å². The van der Waals surface area contributed by atoms with Crippen LogP contribution in [0.3, 0.4) is 0 Å². The normalized spacial score (nSPS) is 15.8. The topological polar surface area (TPSA) is 58.6 Å². The SMILES string of the molecule is CCC(C)(O)CNC(C(=O)OC)c1ccccc1. The van der Waals surface area contributed by atoms with Gasteiger partial charge in [0.1, 0.15) is 6.04 Å². The van der Waals surface area contributed by atoms with E-state index in [0.29, 0.717) is 13.0 Å². The molecule has 4 heteroatoms. The molecule has 2 atom stereocenters. The number of carbonyl (C=O) groups is 1. The van der Waals surface area contributed by atoms with Crippen LogP contribution < -0.4 is 5.32 Å². The lowest BCUT2D eigenvalue weighted by atomic mass is 10.0. The molecule has 2 N–H and O–H groups in total. The highest BCUT2D eigenvalue weighted by Crippen LogP contribution is 2.16. The van der Waals surface area contributed by atoms with E-state index in [1.54, 1.807) is 6.92 Å². The maximum Gasteiger partial charge on any atom is 0.327 e. The molecule has 0 radical (unpaired) electrons. The van der Waals surface area contributed by atoms with Crippen molar-refractivity contribution in [1.29, 1.82) is 0 Å². The van der Waals surface area contributed by atoms with Crippen LogP contribution in [-0.4, -0.2) is 30.3 Å². The summed E-state index contributed by atoms with van der Waals surface area (Å²) < 4.78 is 4.78. The van der Waals surface area contributed by atoms with Crippen molar-refractivity contribution in [3.63, 3.8) is 0 Å². The van der Waals surface area contributed by atoms with Crippen molar-refractivity contribution in [3.05, 3.63) is 35.9 Å². The van der Waals surface area contributed by atoms with Gasteiger partial charge >= 0.3 is 5.97 Å². The number of esters is 1. The number of hydrogen-bond acceptors (Lipinski definition) is 4. The van der Waals surface area contributed by atoms with Crippen LogP contribution in [-0.2, 0) is 9.53 Å². The summed E-state index contributed by atoms with van der Waals surface area (Å²) in [4.78, 5) is 11.8. The zero-order chi connectivity index (χ0) is 13.6. The first-order valence-electron chi connectivity index (χ1n) is 6.08. The van der Waals surface area contributed by atoms with Crippen molar-refractivity contribution in [2.45, 2.75) is 31.9 Å². The number of carbonyl (C=O) groups excluding carboxylic acids is 1. The minimum absolute atomic E-state index is 0.332. The Morgan fingerprint density at radius 1 is 1.44 bits per heavy atom. The van der Waals surface area contributed by atoms with Gasteiger partial charge in [-0.2, -0.15) is 0 Å². The Labute approximate surface area is 108 Å². The van der Waals surface area contributed by atoms with Crippen LogP contribution in [0.1, 0.15) is 31.9 Å². The summed E-state index contributed by atoms with van der Waals surface area (Å²) in [6.07, 6.45) is 0.614. The van der Waals surface area contributed by atoms with Gasteiger partial charge in [0.15, 0.2) is 0 Å². The Kier molecular flexibility index (Phi) is 5.31. The van der Waals surface area contributed by atoms with Gasteiger partial charge in [-0.05, 0) is 18.9 Å². The monoisotopic (exact) mass is 251 g/mol. The predicted octanol–water partition coefficient (Wildman–Crippen LogP) is 1.65. The number of hydrogen-bond donors (Lipinski definition) is 2. The van der Waals surface area contributed by atoms with Crippen molar-refractivity contribution in [2.24, 2.45) is 0 Å². The first kappa shape index (κ1) is 14.7. The summed E-state index contributed by atoms with van der Waals surface area (Å²) in [6.45, 7) is 3.97. The molecule has 18 heavy (non-hydrogen) atoms. The van der Waals surface area contributed by atoms with Gasteiger partial charge in [-0.15, -0.1) is 0 Å². The summed E-state index contributed by atoms with van der Waals surface area (Å²) in [5.74, 6) is -0.354. The van der Waals surface area contributed by atoms with Gasteiger partial charge in [-0.3, -0.25) is 5.32 Å². The van der Waals surface area contributed by atoms with Gasteiger partial charge in [0.25, 0.3) is 0 Å². The Morgan fingerprint density at radius 3 is 2.56 bits per heavy atom. The van der Waals surface area contributed by atoms with Gasteiger partial charge in [0, 0.05) is 6.54 Å². The molecule has 0 bridgehead atoms. The van der Waals surface area contributed by atoms with Crippen molar-refractivity contribution in [1.82, 2.24) is 5.32 Å². The van der Waals surface area contributed by atoms with E-state index in [9.17, 15) is 9.90 Å². The average molecular weight is 251 g/mol. The Hall–Kier alpha value is -1.39. The van der Waals surface area contributed by atoms with E-state index in [2.05, 4.69) is 5.32 Å². The van der Waals surface area contributed by atoms with Gasteiger partial charge in [-0.1, -0.05) is 37.3 Å². The fourth-order valence-electron chi connectivity index (χ4n) is 1.55. The van der Waals surface area contributed by atoms with Gasteiger partial charge in [-0.25, -0.2) is 4.79 Å². The molecule has 0 aromatic heterocycles. The number of nitrogens with one attached hydrogen (secondary N) is 1. The summed E-state index contributed by atoms with van der Waals surface area (Å²) >= 11 is 0. The summed E-state index contributed by atoms with van der Waals surface area (Å²) in [6, 6.07) is 8.79. The molecule has 2 unspecified atom stereocenters. The van der Waals surface area contributed by atoms with E-state index >= 15 is 0 Å². The van der Waals surface area contributed by atoms with Gasteiger partial charge in [0.2, 0.25) is 0 Å². The highest BCUT2D eigenvalue weighted by Gasteiger charge is 2.25. The Bertz CT molecular complexity index is 376. The van der Waals surface area contributed by atoms with E-state index in [1.807, 2.05) is 37.3 Å². The summed E-state index contributed by atoms with van der Waals surface area (Å²) in [5.41, 5.74) is -0.00243. The Morgan fingerprint density at radius 2 is 2.06 bits per heavy atom. The molecule has 0 fully saturated rings. The second-order valence-electron chi connectivity index (χ2n) is 4.60. The molecule has 0 aliphatic carbocycles. The van der Waals surface area contributed by atoms with Gasteiger partial charge in [0.05, 0.1) is 12.7 Å². The van der Waals surface area contributed by atoms with Crippen LogP contribution in [0.4, 0.5) is 0 Å². The molecule has 0 heterocycles. The van der Waals surface area contributed by atoms with Crippen molar-refractivity contribution < 1.29 is 14.6 Å². The molecule has 1 aromatic carbocycles. The quantitative estimate of drug-likeness (QED) is 0.755. The molecular weight excluding hydrogens is 230 g/mol. The largest absolute Gasteiger partial charge is 0.468 e. The molecular formula is C14H21NO3. The number of rotatable bonds is 6. The predicted molar refractivity (Wildman–Crippen MR) is 70.1 cm³/mol. The van der Waals surface area contributed by atoms with Crippen LogP contribution in [0.5, 0.6) is 0 Å². The molecule has 0 spiro atoms. The molecule has 0 saturated carbocycles. The van der Waals surface area contributed by atoms with Crippen molar-refractivity contribution >= 4 is 5.97 Å². The molecule has 1 aromatic rings. The van der Waals surface area contributed by atoms with E-state index in [-0.39, 0.29) is 5.97 Å². The standard InChI is InChI=1S/C14H21NO3/c1-4-14(2,17)10-15-12(13(16)18-3)11-8-6-5-7-9-11/h5-9,12,15,17H,4,10H2,1-3H3. The number of aliphatic hydroxyl groups is 1. The smallest absolute Gasteiger partial charge is 0.327 e. The van der Waals surface area contributed by atoms with Crippen LogP contribution >= 0.6 is 0 Å². The van der Waals surface area contributed by atoms with Crippen LogP contribution in [0, 0.1) is 0 Å². The van der Waals surface area contributed by atoms with E-state index in [1.165, 1.54) is 7.11 Å². The maximum atomic E-state index is 11.8.